The van der Waals surface area contributed by atoms with Crippen LogP contribution in [0.2, 0.25) is 0 Å². The number of anilines is 1. The van der Waals surface area contributed by atoms with E-state index in [-0.39, 0.29) is 17.6 Å². The van der Waals surface area contributed by atoms with Crippen LogP contribution in [-0.2, 0) is 9.61 Å². The van der Waals surface area contributed by atoms with E-state index in [0.29, 0.717) is 19.0 Å². The van der Waals surface area contributed by atoms with Gasteiger partial charge in [-0.15, -0.1) is 0 Å². The quantitative estimate of drug-likeness (QED) is 0.817. The van der Waals surface area contributed by atoms with Crippen molar-refractivity contribution in [3.63, 3.8) is 0 Å². The summed E-state index contributed by atoms with van der Waals surface area (Å²) in [4.78, 5) is 19.0. The molecule has 0 aliphatic carbocycles. The zero-order valence-corrected chi connectivity index (χ0v) is 10.8. The largest absolute Gasteiger partial charge is 0.368 e. The summed E-state index contributed by atoms with van der Waals surface area (Å²) in [6.45, 7) is 4.84. The van der Waals surface area contributed by atoms with Gasteiger partial charge in [-0.05, 0) is 12.8 Å². The van der Waals surface area contributed by atoms with Crippen molar-refractivity contribution >= 4 is 29.0 Å². The van der Waals surface area contributed by atoms with E-state index in [9.17, 15) is 4.79 Å². The summed E-state index contributed by atoms with van der Waals surface area (Å²) in [6, 6.07) is 0. The molecule has 1 rings (SSSR count). The molecule has 7 heteroatoms. The third-order valence-corrected chi connectivity index (χ3v) is 2.31. The maximum Gasteiger partial charge on any atom is 0.352 e. The number of rotatable bonds is 4. The summed E-state index contributed by atoms with van der Waals surface area (Å²) in [5.41, 5.74) is 5.00. The molecular formula is C8H13IN4O2. The van der Waals surface area contributed by atoms with E-state index < -0.39 is 0 Å². The van der Waals surface area contributed by atoms with Crippen LogP contribution in [0.15, 0.2) is 4.79 Å². The van der Waals surface area contributed by atoms with Gasteiger partial charge in [0.1, 0.15) is 28.8 Å². The van der Waals surface area contributed by atoms with Crippen LogP contribution in [0.1, 0.15) is 12.7 Å². The number of hydrogen-bond donors (Lipinski definition) is 1. The van der Waals surface area contributed by atoms with Crippen molar-refractivity contribution in [2.24, 2.45) is 5.92 Å². The molecule has 15 heavy (non-hydrogen) atoms. The molecule has 0 fully saturated rings. The molecule has 0 saturated heterocycles. The number of aryl methyl sites for hydroxylation is 1. The van der Waals surface area contributed by atoms with Crippen LogP contribution in [0.4, 0.5) is 5.95 Å². The van der Waals surface area contributed by atoms with E-state index in [4.69, 9.17) is 8.80 Å². The molecule has 1 aromatic heterocycles. The lowest BCUT2D eigenvalue weighted by molar-refractivity contribution is 0.306. The van der Waals surface area contributed by atoms with Crippen molar-refractivity contribution in [3.8, 4) is 0 Å². The van der Waals surface area contributed by atoms with Crippen molar-refractivity contribution in [2.75, 3.05) is 12.3 Å². The number of aromatic nitrogens is 3. The number of hydrogen-bond acceptors (Lipinski definition) is 5. The Hall–Kier alpha value is -0.700. The summed E-state index contributed by atoms with van der Waals surface area (Å²) in [7, 11) is 0. The van der Waals surface area contributed by atoms with Gasteiger partial charge in [0.25, 0.3) is 0 Å². The molecule has 6 nitrogen and oxygen atoms in total. The monoisotopic (exact) mass is 324 g/mol. The van der Waals surface area contributed by atoms with Gasteiger partial charge in [-0.1, -0.05) is 6.92 Å². The fraction of sp³-hybridized carbons (Fsp3) is 0.625. The van der Waals surface area contributed by atoms with E-state index in [1.54, 1.807) is 6.92 Å². The molecule has 0 spiro atoms. The summed E-state index contributed by atoms with van der Waals surface area (Å²) in [5.74, 6) is 0.824. The van der Waals surface area contributed by atoms with Crippen LogP contribution in [0.25, 0.3) is 0 Å². The molecule has 1 heterocycles. The van der Waals surface area contributed by atoms with Gasteiger partial charge < -0.3 is 8.80 Å². The molecule has 0 aliphatic heterocycles. The summed E-state index contributed by atoms with van der Waals surface area (Å²) in [6.07, 6.45) is 0. The Bertz CT molecular complexity index is 393. The van der Waals surface area contributed by atoms with Gasteiger partial charge in [0.05, 0.1) is 6.61 Å². The highest BCUT2D eigenvalue weighted by Gasteiger charge is 2.09. The number of halogens is 1. The van der Waals surface area contributed by atoms with Crippen LogP contribution in [-0.4, -0.2) is 21.1 Å². The van der Waals surface area contributed by atoms with Crippen LogP contribution in [0, 0.1) is 12.8 Å². The summed E-state index contributed by atoms with van der Waals surface area (Å²) < 4.78 is 6.47. The minimum Gasteiger partial charge on any atom is -0.368 e. The molecule has 0 aromatic carbocycles. The van der Waals surface area contributed by atoms with Crippen LogP contribution in [0.5, 0.6) is 0 Å². The zero-order valence-electron chi connectivity index (χ0n) is 8.61. The Morgan fingerprint density at radius 2 is 2.27 bits per heavy atom. The fourth-order valence-corrected chi connectivity index (χ4v) is 1.84. The maximum absolute atomic E-state index is 11.5. The maximum atomic E-state index is 11.5. The fourth-order valence-electron chi connectivity index (χ4n) is 1.23. The van der Waals surface area contributed by atoms with E-state index in [0.717, 1.165) is 0 Å². The third kappa shape index (κ3) is 3.42. The van der Waals surface area contributed by atoms with E-state index in [1.807, 2.05) is 29.9 Å². The SMILES string of the molecule is Cc1nc(N)nc(=O)n1CC(C)COI. The molecule has 0 radical (unpaired) electrons. The Balaban J connectivity index is 2.90. The first-order valence-corrected chi connectivity index (χ1v) is 5.37. The van der Waals surface area contributed by atoms with Crippen molar-refractivity contribution in [3.05, 3.63) is 16.3 Å². The molecule has 1 unspecified atom stereocenters. The standard InChI is InChI=1S/C8H13IN4O2/c1-5(4-15-9)3-13-6(2)11-7(10)12-8(13)14/h5H,3-4H2,1-2H3,(H2,10,12,14). The van der Waals surface area contributed by atoms with Crippen molar-refractivity contribution in [1.82, 2.24) is 14.5 Å². The Labute approximate surface area is 102 Å². The van der Waals surface area contributed by atoms with Gasteiger partial charge in [-0.25, -0.2) is 9.78 Å². The second-order valence-corrected chi connectivity index (χ2v) is 4.03. The van der Waals surface area contributed by atoms with E-state index in [1.165, 1.54) is 4.57 Å². The van der Waals surface area contributed by atoms with Crippen LogP contribution >= 0.6 is 23.0 Å². The van der Waals surface area contributed by atoms with Gasteiger partial charge in [-0.3, -0.25) is 4.57 Å². The van der Waals surface area contributed by atoms with Crippen molar-refractivity contribution in [2.45, 2.75) is 20.4 Å². The number of nitrogens with two attached hydrogens (primary N) is 1. The second-order valence-electron chi connectivity index (χ2n) is 3.40. The van der Waals surface area contributed by atoms with E-state index >= 15 is 0 Å². The van der Waals surface area contributed by atoms with E-state index in [2.05, 4.69) is 9.97 Å². The Morgan fingerprint density at radius 3 is 2.80 bits per heavy atom. The van der Waals surface area contributed by atoms with Gasteiger partial charge in [0, 0.05) is 6.54 Å². The molecule has 0 aliphatic rings. The molecule has 0 bridgehead atoms. The third-order valence-electron chi connectivity index (χ3n) is 1.95. The average Bonchev–Trinajstić information content (AvgIpc) is 2.11. The van der Waals surface area contributed by atoms with Gasteiger partial charge in [0.2, 0.25) is 5.95 Å². The second kappa shape index (κ2) is 5.40. The highest BCUT2D eigenvalue weighted by Crippen LogP contribution is 2.03. The normalized spacial score (nSPS) is 12.7. The van der Waals surface area contributed by atoms with Gasteiger partial charge in [-0.2, -0.15) is 4.98 Å². The molecule has 0 amide bonds. The minimum atomic E-state index is -0.361. The first-order valence-electron chi connectivity index (χ1n) is 4.49. The van der Waals surface area contributed by atoms with Crippen molar-refractivity contribution < 1.29 is 3.07 Å². The van der Waals surface area contributed by atoms with Gasteiger partial charge >= 0.3 is 5.69 Å². The smallest absolute Gasteiger partial charge is 0.352 e. The Kier molecular flexibility index (Phi) is 4.45. The lowest BCUT2D eigenvalue weighted by Gasteiger charge is -2.13. The van der Waals surface area contributed by atoms with Crippen LogP contribution in [0.3, 0.4) is 0 Å². The molecule has 2 N–H and O–H groups in total. The lowest BCUT2D eigenvalue weighted by Crippen LogP contribution is -2.30. The molecule has 0 saturated carbocycles. The summed E-state index contributed by atoms with van der Waals surface area (Å²) in [5, 5.41) is 0. The predicted octanol–water partition coefficient (Wildman–Crippen LogP) is 0.532. The molecule has 84 valence electrons. The predicted molar refractivity (Wildman–Crippen MR) is 64.6 cm³/mol. The molecular weight excluding hydrogens is 311 g/mol. The minimum absolute atomic E-state index is 0.0199. The van der Waals surface area contributed by atoms with Crippen LogP contribution < -0.4 is 11.4 Å². The zero-order chi connectivity index (χ0) is 11.4. The van der Waals surface area contributed by atoms with Crippen molar-refractivity contribution in [1.29, 1.82) is 0 Å². The number of nitrogen functional groups attached to an aromatic ring is 1. The molecule has 1 aromatic rings. The first-order chi connectivity index (χ1) is 7.04. The highest BCUT2D eigenvalue weighted by atomic mass is 127. The number of nitrogens with zero attached hydrogens (tertiary/aromatic N) is 3. The lowest BCUT2D eigenvalue weighted by atomic mass is 10.2. The first kappa shape index (κ1) is 12.4. The highest BCUT2D eigenvalue weighted by molar-refractivity contribution is 14.1. The topological polar surface area (TPSA) is 83.0 Å². The summed E-state index contributed by atoms with van der Waals surface area (Å²) >= 11 is 1.83. The average molecular weight is 324 g/mol. The molecule has 1 atom stereocenters. The van der Waals surface area contributed by atoms with Gasteiger partial charge in [0.15, 0.2) is 0 Å². The Morgan fingerprint density at radius 1 is 1.60 bits per heavy atom.